The van der Waals surface area contributed by atoms with Crippen molar-refractivity contribution in [2.75, 3.05) is 5.32 Å². The minimum Gasteiger partial charge on any atom is -0.296 e. The summed E-state index contributed by atoms with van der Waals surface area (Å²) < 4.78 is 0. The molecule has 0 saturated heterocycles. The quantitative estimate of drug-likeness (QED) is 0.443. The Bertz CT molecular complexity index is 1170. The minimum atomic E-state index is -0.328. The predicted octanol–water partition coefficient (Wildman–Crippen LogP) is 5.34. The fourth-order valence-corrected chi connectivity index (χ4v) is 3.78. The molecule has 0 aliphatic rings. The topological polar surface area (TPSA) is 72.0 Å². The Kier molecular flexibility index (Phi) is 5.46. The van der Waals surface area contributed by atoms with Crippen LogP contribution in [-0.2, 0) is 0 Å². The van der Waals surface area contributed by atoms with Crippen molar-refractivity contribution in [3.63, 3.8) is 0 Å². The summed E-state index contributed by atoms with van der Waals surface area (Å²) in [6.45, 7) is 0. The van der Waals surface area contributed by atoms with E-state index >= 15 is 0 Å². The Labute approximate surface area is 176 Å². The lowest BCUT2D eigenvalue weighted by Crippen LogP contribution is -2.12. The number of halogens is 1. The van der Waals surface area contributed by atoms with Crippen molar-refractivity contribution in [2.24, 2.45) is 0 Å². The third-order valence-corrected chi connectivity index (χ3v) is 5.40. The molecule has 0 atom stereocenters. The maximum atomic E-state index is 12.5. The summed E-state index contributed by atoms with van der Waals surface area (Å²) in [6, 6.07) is 22.8. The lowest BCUT2D eigenvalue weighted by atomic mass is 10.0. The number of nitrogens with zero attached hydrogens (tertiary/aromatic N) is 2. The number of benzene rings is 3. The molecule has 4 rings (SSSR count). The standard InChI is InChI=1S/C22H14ClN3O2S/c23-18-9-5-4-8-17(18)21-25-26-22(29-21)24-20(28)16-12-10-15(11-13-16)19(27)14-6-2-1-3-7-14/h1-13H,(H,24,26,28). The molecule has 0 saturated carbocycles. The average Bonchev–Trinajstić information content (AvgIpc) is 3.22. The molecular weight excluding hydrogens is 406 g/mol. The number of carbonyl (C=O) groups excluding carboxylic acids is 2. The summed E-state index contributed by atoms with van der Waals surface area (Å²) in [5.41, 5.74) is 2.30. The van der Waals surface area contributed by atoms with E-state index in [0.29, 0.717) is 31.9 Å². The van der Waals surface area contributed by atoms with Gasteiger partial charge < -0.3 is 0 Å². The molecule has 1 aromatic heterocycles. The smallest absolute Gasteiger partial charge is 0.257 e. The first-order chi connectivity index (χ1) is 14.1. The number of carbonyl (C=O) groups is 2. The molecule has 0 fully saturated rings. The molecule has 4 aromatic rings. The van der Waals surface area contributed by atoms with E-state index in [-0.39, 0.29) is 11.7 Å². The highest BCUT2D eigenvalue weighted by molar-refractivity contribution is 7.18. The third kappa shape index (κ3) is 4.23. The van der Waals surface area contributed by atoms with Crippen LogP contribution in [0.5, 0.6) is 0 Å². The van der Waals surface area contributed by atoms with Crippen LogP contribution in [0.3, 0.4) is 0 Å². The number of aromatic nitrogens is 2. The number of rotatable bonds is 5. The summed E-state index contributed by atoms with van der Waals surface area (Å²) in [6.07, 6.45) is 0. The first-order valence-electron chi connectivity index (χ1n) is 8.71. The van der Waals surface area contributed by atoms with Crippen LogP contribution in [0.4, 0.5) is 5.13 Å². The zero-order valence-electron chi connectivity index (χ0n) is 15.0. The van der Waals surface area contributed by atoms with Crippen LogP contribution in [0.2, 0.25) is 5.02 Å². The first kappa shape index (κ1) is 19.0. The normalized spacial score (nSPS) is 10.5. The Hall–Kier alpha value is -3.35. The van der Waals surface area contributed by atoms with Crippen LogP contribution < -0.4 is 5.32 Å². The van der Waals surface area contributed by atoms with E-state index in [1.807, 2.05) is 36.4 Å². The van der Waals surface area contributed by atoms with Gasteiger partial charge in [-0.2, -0.15) is 0 Å². The number of ketones is 1. The van der Waals surface area contributed by atoms with Crippen molar-refractivity contribution < 1.29 is 9.59 Å². The van der Waals surface area contributed by atoms with E-state index in [4.69, 9.17) is 11.6 Å². The Balaban J connectivity index is 1.47. The predicted molar refractivity (Wildman–Crippen MR) is 115 cm³/mol. The molecular formula is C22H14ClN3O2S. The SMILES string of the molecule is O=C(Nc1nnc(-c2ccccc2Cl)s1)c1ccc(C(=O)c2ccccc2)cc1. The van der Waals surface area contributed by atoms with Crippen LogP contribution in [0.25, 0.3) is 10.6 Å². The Morgan fingerprint density at radius 3 is 2.10 bits per heavy atom. The molecule has 1 amide bonds. The second kappa shape index (κ2) is 8.34. The van der Waals surface area contributed by atoms with E-state index in [2.05, 4.69) is 15.5 Å². The van der Waals surface area contributed by atoms with Gasteiger partial charge in [0.2, 0.25) is 5.13 Å². The van der Waals surface area contributed by atoms with E-state index in [1.165, 1.54) is 11.3 Å². The first-order valence-corrected chi connectivity index (χ1v) is 9.91. The van der Waals surface area contributed by atoms with Crippen molar-refractivity contribution >= 4 is 39.8 Å². The number of amides is 1. The van der Waals surface area contributed by atoms with Crippen LogP contribution in [-0.4, -0.2) is 21.9 Å². The van der Waals surface area contributed by atoms with Gasteiger partial charge >= 0.3 is 0 Å². The molecule has 0 spiro atoms. The fourth-order valence-electron chi connectivity index (χ4n) is 2.72. The molecule has 0 unspecified atom stereocenters. The lowest BCUT2D eigenvalue weighted by Gasteiger charge is -2.04. The van der Waals surface area contributed by atoms with Gasteiger partial charge in [-0.1, -0.05) is 83.6 Å². The average molecular weight is 420 g/mol. The van der Waals surface area contributed by atoms with Gasteiger partial charge in [0.15, 0.2) is 10.8 Å². The van der Waals surface area contributed by atoms with Gasteiger partial charge in [0.05, 0.1) is 5.02 Å². The summed E-state index contributed by atoms with van der Waals surface area (Å²) in [4.78, 5) is 25.0. The molecule has 0 radical (unpaired) electrons. The van der Waals surface area contributed by atoms with Crippen molar-refractivity contribution in [3.8, 4) is 10.6 Å². The van der Waals surface area contributed by atoms with Crippen LogP contribution >= 0.6 is 22.9 Å². The van der Waals surface area contributed by atoms with E-state index in [9.17, 15) is 9.59 Å². The second-order valence-electron chi connectivity index (χ2n) is 6.12. The molecule has 5 nitrogen and oxygen atoms in total. The molecule has 7 heteroatoms. The maximum Gasteiger partial charge on any atom is 0.257 e. The highest BCUT2D eigenvalue weighted by atomic mass is 35.5. The number of hydrogen-bond donors (Lipinski definition) is 1. The van der Waals surface area contributed by atoms with E-state index in [0.717, 1.165) is 5.56 Å². The minimum absolute atomic E-state index is 0.0916. The van der Waals surface area contributed by atoms with Crippen LogP contribution in [0.15, 0.2) is 78.9 Å². The largest absolute Gasteiger partial charge is 0.296 e. The van der Waals surface area contributed by atoms with E-state index in [1.54, 1.807) is 42.5 Å². The third-order valence-electron chi connectivity index (χ3n) is 4.19. The number of anilines is 1. The molecule has 0 bridgehead atoms. The molecule has 0 aliphatic carbocycles. The van der Waals surface area contributed by atoms with Crippen molar-refractivity contribution in [1.82, 2.24) is 10.2 Å². The molecule has 29 heavy (non-hydrogen) atoms. The highest BCUT2D eigenvalue weighted by Gasteiger charge is 2.14. The van der Waals surface area contributed by atoms with Gasteiger partial charge in [-0.3, -0.25) is 14.9 Å². The van der Waals surface area contributed by atoms with Gasteiger partial charge in [0.25, 0.3) is 5.91 Å². The monoisotopic (exact) mass is 419 g/mol. The van der Waals surface area contributed by atoms with E-state index < -0.39 is 0 Å². The van der Waals surface area contributed by atoms with Crippen molar-refractivity contribution in [1.29, 1.82) is 0 Å². The van der Waals surface area contributed by atoms with Crippen LogP contribution in [0.1, 0.15) is 26.3 Å². The Morgan fingerprint density at radius 1 is 0.759 bits per heavy atom. The molecule has 3 aromatic carbocycles. The lowest BCUT2D eigenvalue weighted by molar-refractivity contribution is 0.102. The summed E-state index contributed by atoms with van der Waals surface area (Å²) in [7, 11) is 0. The fraction of sp³-hybridized carbons (Fsp3) is 0. The summed E-state index contributed by atoms with van der Waals surface area (Å²) in [5, 5.41) is 12.4. The van der Waals surface area contributed by atoms with Gasteiger partial charge in [-0.05, 0) is 18.2 Å². The number of hydrogen-bond acceptors (Lipinski definition) is 5. The maximum absolute atomic E-state index is 12.5. The number of nitrogens with one attached hydrogen (secondary N) is 1. The van der Waals surface area contributed by atoms with Gasteiger partial charge in [0.1, 0.15) is 0 Å². The summed E-state index contributed by atoms with van der Waals surface area (Å²) in [5.74, 6) is -0.420. The molecule has 0 aliphatic heterocycles. The molecule has 1 heterocycles. The van der Waals surface area contributed by atoms with Gasteiger partial charge in [-0.25, -0.2) is 0 Å². The van der Waals surface area contributed by atoms with Crippen molar-refractivity contribution in [3.05, 3.63) is 101 Å². The van der Waals surface area contributed by atoms with Gasteiger partial charge in [0, 0.05) is 22.3 Å². The van der Waals surface area contributed by atoms with Gasteiger partial charge in [-0.15, -0.1) is 10.2 Å². The highest BCUT2D eigenvalue weighted by Crippen LogP contribution is 2.31. The zero-order chi connectivity index (χ0) is 20.2. The Morgan fingerprint density at radius 2 is 1.38 bits per heavy atom. The second-order valence-corrected chi connectivity index (χ2v) is 7.50. The molecule has 1 N–H and O–H groups in total. The summed E-state index contributed by atoms with van der Waals surface area (Å²) >= 11 is 7.41. The zero-order valence-corrected chi connectivity index (χ0v) is 16.6. The molecule has 142 valence electrons. The van der Waals surface area contributed by atoms with Crippen LogP contribution in [0, 0.1) is 0 Å². The van der Waals surface area contributed by atoms with Crippen molar-refractivity contribution in [2.45, 2.75) is 0 Å².